The Morgan fingerprint density at radius 1 is 0.629 bits per heavy atom. The maximum absolute atomic E-state index is 14.3. The molecule has 0 spiro atoms. The summed E-state index contributed by atoms with van der Waals surface area (Å²) in [4.78, 5) is 0. The highest BCUT2D eigenvalue weighted by Gasteiger charge is 2.13. The Balaban J connectivity index is 1.52. The van der Waals surface area contributed by atoms with E-state index in [9.17, 15) is 22.0 Å². The molecular weight excluding hydrogens is 459 g/mol. The Bertz CT molecular complexity index is 1510. The van der Waals surface area contributed by atoms with Crippen LogP contribution in [0.2, 0.25) is 0 Å². The summed E-state index contributed by atoms with van der Waals surface area (Å²) in [5, 5.41) is 0.167. The summed E-state index contributed by atoms with van der Waals surface area (Å²) in [6, 6.07) is 14.4. The van der Waals surface area contributed by atoms with Gasteiger partial charge in [-0.1, -0.05) is 29.7 Å². The van der Waals surface area contributed by atoms with Gasteiger partial charge < -0.3 is 4.74 Å². The van der Waals surface area contributed by atoms with Crippen LogP contribution in [-0.4, -0.2) is 13.7 Å². The van der Waals surface area contributed by atoms with E-state index in [1.165, 1.54) is 37.4 Å². The Hall–Kier alpha value is -4.13. The fraction of sp³-hybridized carbons (Fsp3) is 0.103. The minimum atomic E-state index is -1.51. The molecule has 0 radical (unpaired) electrons. The van der Waals surface area contributed by atoms with Gasteiger partial charge in [0.25, 0.3) is 0 Å². The average molecular weight is 476 g/mol. The van der Waals surface area contributed by atoms with Crippen molar-refractivity contribution in [3.63, 3.8) is 0 Å². The number of halogens is 5. The molecule has 4 rings (SSSR count). The van der Waals surface area contributed by atoms with Crippen LogP contribution in [0.3, 0.4) is 0 Å². The molecule has 1 nitrogen and oxygen atoms in total. The van der Waals surface area contributed by atoms with Gasteiger partial charge in [0.2, 0.25) is 0 Å². The summed E-state index contributed by atoms with van der Waals surface area (Å²) in [5.74, 6) is 5.60. The zero-order valence-electron chi connectivity index (χ0n) is 18.5. The number of fused-ring (bicyclic) bond motifs is 1. The van der Waals surface area contributed by atoms with E-state index in [0.29, 0.717) is 35.3 Å². The van der Waals surface area contributed by atoms with Crippen molar-refractivity contribution in [2.24, 2.45) is 0 Å². The second kappa shape index (κ2) is 10.4. The van der Waals surface area contributed by atoms with E-state index < -0.39 is 29.1 Å². The van der Waals surface area contributed by atoms with Crippen molar-refractivity contribution in [3.05, 3.63) is 118 Å². The molecule has 0 aliphatic rings. The van der Waals surface area contributed by atoms with Crippen LogP contribution in [0.4, 0.5) is 22.0 Å². The van der Waals surface area contributed by atoms with Crippen LogP contribution in [0.5, 0.6) is 0 Å². The topological polar surface area (TPSA) is 9.23 Å². The highest BCUT2D eigenvalue weighted by Crippen LogP contribution is 2.24. The molecule has 0 unspecified atom stereocenters. The third kappa shape index (κ3) is 5.51. The third-order valence-corrected chi connectivity index (χ3v) is 5.24. The summed E-state index contributed by atoms with van der Waals surface area (Å²) >= 11 is 0. The van der Waals surface area contributed by atoms with E-state index >= 15 is 0 Å². The highest BCUT2D eigenvalue weighted by atomic mass is 19.2. The van der Waals surface area contributed by atoms with Crippen LogP contribution in [0.1, 0.15) is 27.8 Å². The van der Waals surface area contributed by atoms with Gasteiger partial charge >= 0.3 is 0 Å². The monoisotopic (exact) mass is 476 g/mol. The van der Waals surface area contributed by atoms with Crippen molar-refractivity contribution >= 4 is 10.8 Å². The molecule has 6 heteroatoms. The molecule has 4 aromatic carbocycles. The Morgan fingerprint density at radius 3 is 1.83 bits per heavy atom. The number of hydrogen-bond donors (Lipinski definition) is 0. The molecule has 0 aliphatic carbocycles. The van der Waals surface area contributed by atoms with Gasteiger partial charge in [0.15, 0.2) is 17.5 Å². The lowest BCUT2D eigenvalue weighted by atomic mass is 10.1. The minimum Gasteiger partial charge on any atom is -0.384 e. The van der Waals surface area contributed by atoms with Gasteiger partial charge in [-0.15, -0.1) is 0 Å². The lowest BCUT2D eigenvalue weighted by Crippen LogP contribution is -1.99. The van der Waals surface area contributed by atoms with Crippen LogP contribution in [0.15, 0.2) is 60.7 Å². The highest BCUT2D eigenvalue weighted by molar-refractivity contribution is 5.84. The molecule has 0 saturated heterocycles. The van der Waals surface area contributed by atoms with Gasteiger partial charge in [0, 0.05) is 29.2 Å². The smallest absolute Gasteiger partial charge is 0.195 e. The van der Waals surface area contributed by atoms with Crippen molar-refractivity contribution in [1.29, 1.82) is 0 Å². The summed E-state index contributed by atoms with van der Waals surface area (Å²) in [7, 11) is 1.51. The SMILES string of the molecule is COCCc1cc(F)c(C#Cc2ccc(C#Cc3ccc4c(F)c(F)c(F)cc4c3)cc2)c(F)c1. The zero-order valence-corrected chi connectivity index (χ0v) is 18.5. The minimum absolute atomic E-state index is 0.0325. The van der Waals surface area contributed by atoms with Crippen molar-refractivity contribution in [2.75, 3.05) is 13.7 Å². The van der Waals surface area contributed by atoms with Gasteiger partial charge in [0.05, 0.1) is 12.2 Å². The molecule has 0 atom stereocenters. The summed E-state index contributed by atoms with van der Waals surface area (Å²) in [6.07, 6.45) is 0.395. The van der Waals surface area contributed by atoms with Gasteiger partial charge in [0.1, 0.15) is 11.6 Å². The first kappa shape index (κ1) is 24.0. The molecule has 4 aromatic rings. The number of ether oxygens (including phenoxy) is 1. The molecule has 0 saturated carbocycles. The van der Waals surface area contributed by atoms with Crippen LogP contribution in [0.25, 0.3) is 10.8 Å². The predicted octanol–water partition coefficient (Wildman–Crippen LogP) is 6.52. The molecule has 0 bridgehead atoms. The molecule has 0 fully saturated rings. The maximum atomic E-state index is 14.3. The Morgan fingerprint density at radius 2 is 1.20 bits per heavy atom. The van der Waals surface area contributed by atoms with Crippen LogP contribution < -0.4 is 0 Å². The van der Waals surface area contributed by atoms with E-state index in [0.717, 1.165) is 6.07 Å². The first-order chi connectivity index (χ1) is 16.9. The fourth-order valence-corrected chi connectivity index (χ4v) is 3.41. The molecule has 0 amide bonds. The van der Waals surface area contributed by atoms with E-state index in [-0.39, 0.29) is 16.3 Å². The third-order valence-electron chi connectivity index (χ3n) is 5.24. The molecule has 0 aliphatic heterocycles. The molecule has 174 valence electrons. The Kier molecular flexibility index (Phi) is 7.15. The lowest BCUT2D eigenvalue weighted by Gasteiger charge is -2.03. The summed E-state index contributed by atoms with van der Waals surface area (Å²) in [5.41, 5.74) is 1.85. The quantitative estimate of drug-likeness (QED) is 0.186. The molecular formula is C29H17F5O. The van der Waals surface area contributed by atoms with Crippen LogP contribution in [-0.2, 0) is 11.2 Å². The first-order valence-corrected chi connectivity index (χ1v) is 10.5. The van der Waals surface area contributed by atoms with Gasteiger partial charge in [-0.25, -0.2) is 22.0 Å². The van der Waals surface area contributed by atoms with Crippen molar-refractivity contribution in [2.45, 2.75) is 6.42 Å². The number of rotatable bonds is 3. The fourth-order valence-electron chi connectivity index (χ4n) is 3.41. The normalized spacial score (nSPS) is 10.5. The van der Waals surface area contributed by atoms with Crippen LogP contribution in [0, 0.1) is 52.8 Å². The predicted molar refractivity (Wildman–Crippen MR) is 124 cm³/mol. The number of methoxy groups -OCH3 is 1. The van der Waals surface area contributed by atoms with Crippen LogP contribution >= 0.6 is 0 Å². The van der Waals surface area contributed by atoms with E-state index in [1.807, 2.05) is 0 Å². The van der Waals surface area contributed by atoms with Gasteiger partial charge in [-0.3, -0.25) is 0 Å². The zero-order chi connectivity index (χ0) is 24.9. The molecule has 0 heterocycles. The van der Waals surface area contributed by atoms with Crippen molar-refractivity contribution in [1.82, 2.24) is 0 Å². The Labute approximate surface area is 199 Å². The van der Waals surface area contributed by atoms with Crippen molar-refractivity contribution in [3.8, 4) is 23.7 Å². The van der Waals surface area contributed by atoms with Gasteiger partial charge in [-0.2, -0.15) is 0 Å². The van der Waals surface area contributed by atoms with E-state index in [1.54, 1.807) is 24.3 Å². The van der Waals surface area contributed by atoms with Gasteiger partial charge in [-0.05, 0) is 72.0 Å². The average Bonchev–Trinajstić information content (AvgIpc) is 2.85. The maximum Gasteiger partial charge on any atom is 0.195 e. The standard InChI is InChI=1S/C29H17F5O/c1-35-13-12-21-15-25(30)24(26(31)16-21)11-8-19-4-2-18(3-5-19)6-7-20-9-10-23-22(14-20)17-27(32)29(34)28(23)33/h2-5,9-10,14-17H,12-13H2,1H3. The van der Waals surface area contributed by atoms with Crippen molar-refractivity contribution < 1.29 is 26.7 Å². The molecule has 0 aromatic heterocycles. The second-order valence-electron chi connectivity index (χ2n) is 7.68. The lowest BCUT2D eigenvalue weighted by molar-refractivity contribution is 0.202. The first-order valence-electron chi connectivity index (χ1n) is 10.5. The summed E-state index contributed by atoms with van der Waals surface area (Å²) in [6.45, 7) is 0.358. The number of benzene rings is 4. The number of hydrogen-bond acceptors (Lipinski definition) is 1. The largest absolute Gasteiger partial charge is 0.384 e. The second-order valence-corrected chi connectivity index (χ2v) is 7.68. The van der Waals surface area contributed by atoms with E-state index in [2.05, 4.69) is 23.7 Å². The molecule has 35 heavy (non-hydrogen) atoms. The molecule has 0 N–H and O–H groups in total. The van der Waals surface area contributed by atoms with E-state index in [4.69, 9.17) is 4.74 Å². The summed E-state index contributed by atoms with van der Waals surface area (Å²) < 4.78 is 74.2.